The number of ether oxygens (including phenoxy) is 2. The van der Waals surface area contributed by atoms with Crippen molar-refractivity contribution >= 4 is 6.21 Å². The Morgan fingerprint density at radius 2 is 2.14 bits per heavy atom. The van der Waals surface area contributed by atoms with E-state index in [1.807, 2.05) is 18.2 Å². The second kappa shape index (κ2) is 6.03. The Balaban J connectivity index is 1.79. The number of aliphatic imine (C=N–C) groups is 1. The van der Waals surface area contributed by atoms with Gasteiger partial charge in [0.05, 0.1) is 18.8 Å². The van der Waals surface area contributed by atoms with Crippen molar-refractivity contribution in [3.63, 3.8) is 0 Å². The third kappa shape index (κ3) is 2.73. The largest absolute Gasteiger partial charge is 0.505 e. The lowest BCUT2D eigenvalue weighted by molar-refractivity contribution is 0.174. The Morgan fingerprint density at radius 1 is 1.32 bits per heavy atom. The fraction of sp³-hybridized carbons (Fsp3) is 0.250. The number of hydrogen-bond donors (Lipinski definition) is 2. The summed E-state index contributed by atoms with van der Waals surface area (Å²) < 4.78 is 10.6. The summed E-state index contributed by atoms with van der Waals surface area (Å²) in [7, 11) is 0. The Kier molecular flexibility index (Phi) is 3.93. The minimum atomic E-state index is -0.202. The molecule has 0 spiro atoms. The Bertz CT molecular complexity index is 728. The number of benzene rings is 1. The number of hydrogen-bond acceptors (Lipinski definition) is 6. The van der Waals surface area contributed by atoms with Crippen LogP contribution in [-0.4, -0.2) is 28.2 Å². The van der Waals surface area contributed by atoms with E-state index in [4.69, 9.17) is 9.47 Å². The molecule has 0 saturated heterocycles. The minimum Gasteiger partial charge on any atom is -0.505 e. The summed E-state index contributed by atoms with van der Waals surface area (Å²) in [6.07, 6.45) is 3.09. The molecule has 0 saturated carbocycles. The first kappa shape index (κ1) is 14.3. The molecule has 3 rings (SSSR count). The van der Waals surface area contributed by atoms with Crippen LogP contribution < -0.4 is 9.47 Å². The smallest absolute Gasteiger partial charge is 0.231 e. The van der Waals surface area contributed by atoms with Crippen LogP contribution in [0.2, 0.25) is 0 Å². The van der Waals surface area contributed by atoms with Crippen molar-refractivity contribution in [2.45, 2.75) is 20.1 Å². The van der Waals surface area contributed by atoms with Crippen molar-refractivity contribution in [3.8, 4) is 17.2 Å². The minimum absolute atomic E-state index is 0.0426. The van der Waals surface area contributed by atoms with E-state index in [2.05, 4.69) is 9.98 Å². The fourth-order valence-electron chi connectivity index (χ4n) is 2.20. The van der Waals surface area contributed by atoms with Crippen molar-refractivity contribution < 1.29 is 19.7 Å². The van der Waals surface area contributed by atoms with E-state index < -0.39 is 0 Å². The SMILES string of the molecule is Cc1ncc(CO)c(C=NCc2ccc3c(c2)OCO3)c1O. The summed E-state index contributed by atoms with van der Waals surface area (Å²) >= 11 is 0. The summed E-state index contributed by atoms with van der Waals surface area (Å²) in [4.78, 5) is 8.34. The quantitative estimate of drug-likeness (QED) is 0.843. The van der Waals surface area contributed by atoms with Gasteiger partial charge in [0.1, 0.15) is 5.75 Å². The topological polar surface area (TPSA) is 84.2 Å². The van der Waals surface area contributed by atoms with Crippen molar-refractivity contribution in [3.05, 3.63) is 46.8 Å². The molecule has 1 aliphatic heterocycles. The average molecular weight is 300 g/mol. The zero-order valence-corrected chi connectivity index (χ0v) is 12.1. The van der Waals surface area contributed by atoms with Gasteiger partial charge < -0.3 is 19.7 Å². The maximum atomic E-state index is 10.0. The van der Waals surface area contributed by atoms with E-state index in [0.717, 1.165) is 11.3 Å². The van der Waals surface area contributed by atoms with E-state index in [0.29, 0.717) is 29.1 Å². The van der Waals surface area contributed by atoms with Crippen molar-refractivity contribution in [2.75, 3.05) is 6.79 Å². The van der Waals surface area contributed by atoms with Gasteiger partial charge in [0.15, 0.2) is 11.5 Å². The zero-order valence-electron chi connectivity index (χ0n) is 12.1. The van der Waals surface area contributed by atoms with Crippen LogP contribution in [0.5, 0.6) is 17.2 Å². The molecule has 0 radical (unpaired) electrons. The molecular weight excluding hydrogens is 284 g/mol. The first-order valence-electron chi connectivity index (χ1n) is 6.85. The van der Waals surface area contributed by atoms with Crippen molar-refractivity contribution in [1.82, 2.24) is 4.98 Å². The first-order valence-corrected chi connectivity index (χ1v) is 6.85. The lowest BCUT2D eigenvalue weighted by Gasteiger charge is -2.07. The molecular formula is C16H16N2O4. The second-order valence-corrected chi connectivity index (χ2v) is 4.95. The van der Waals surface area contributed by atoms with Crippen LogP contribution in [0.3, 0.4) is 0 Å². The highest BCUT2D eigenvalue weighted by molar-refractivity contribution is 5.85. The average Bonchev–Trinajstić information content (AvgIpc) is 2.99. The summed E-state index contributed by atoms with van der Waals surface area (Å²) in [5.41, 5.74) is 2.51. The monoisotopic (exact) mass is 300 g/mol. The number of aryl methyl sites for hydroxylation is 1. The van der Waals surface area contributed by atoms with Gasteiger partial charge in [-0.25, -0.2) is 0 Å². The van der Waals surface area contributed by atoms with Crippen LogP contribution in [-0.2, 0) is 13.2 Å². The summed E-state index contributed by atoms with van der Waals surface area (Å²) in [5, 5.41) is 19.3. The van der Waals surface area contributed by atoms with Crippen LogP contribution in [0.25, 0.3) is 0 Å². The van der Waals surface area contributed by atoms with Crippen LogP contribution in [0, 0.1) is 6.92 Å². The molecule has 1 aliphatic rings. The molecule has 0 fully saturated rings. The lowest BCUT2D eigenvalue weighted by atomic mass is 10.1. The number of aromatic hydroxyl groups is 1. The maximum Gasteiger partial charge on any atom is 0.231 e. The van der Waals surface area contributed by atoms with E-state index in [1.54, 1.807) is 13.1 Å². The third-order valence-electron chi connectivity index (χ3n) is 3.46. The van der Waals surface area contributed by atoms with Gasteiger partial charge in [-0.1, -0.05) is 6.07 Å². The Labute approximate surface area is 127 Å². The standard InChI is InChI=1S/C16H16N2O4/c1-10-16(20)13(12(8-19)6-18-10)7-17-5-11-2-3-14-15(4-11)22-9-21-14/h2-4,6-7,19-20H,5,8-9H2,1H3. The summed E-state index contributed by atoms with van der Waals surface area (Å²) in [5.74, 6) is 1.49. The van der Waals surface area contributed by atoms with Crippen molar-refractivity contribution in [1.29, 1.82) is 0 Å². The highest BCUT2D eigenvalue weighted by Gasteiger charge is 2.13. The highest BCUT2D eigenvalue weighted by Crippen LogP contribution is 2.32. The number of nitrogens with zero attached hydrogens (tertiary/aromatic N) is 2. The molecule has 6 heteroatoms. The molecule has 0 unspecified atom stereocenters. The number of aliphatic hydroxyl groups is 1. The predicted octanol–water partition coefficient (Wildman–Crippen LogP) is 1.94. The van der Waals surface area contributed by atoms with Crippen LogP contribution >= 0.6 is 0 Å². The number of pyridine rings is 1. The molecule has 22 heavy (non-hydrogen) atoms. The van der Waals surface area contributed by atoms with Gasteiger partial charge in [-0.15, -0.1) is 0 Å². The number of aromatic nitrogens is 1. The van der Waals surface area contributed by atoms with E-state index in [1.165, 1.54) is 6.20 Å². The van der Waals surface area contributed by atoms with Gasteiger partial charge in [0.2, 0.25) is 6.79 Å². The van der Waals surface area contributed by atoms with E-state index >= 15 is 0 Å². The van der Waals surface area contributed by atoms with E-state index in [9.17, 15) is 10.2 Å². The van der Waals surface area contributed by atoms with Crippen molar-refractivity contribution in [2.24, 2.45) is 4.99 Å². The zero-order chi connectivity index (χ0) is 15.5. The first-order chi connectivity index (χ1) is 10.7. The highest BCUT2D eigenvalue weighted by atomic mass is 16.7. The Morgan fingerprint density at radius 3 is 2.95 bits per heavy atom. The number of aliphatic hydroxyl groups excluding tert-OH is 1. The molecule has 114 valence electrons. The van der Waals surface area contributed by atoms with Gasteiger partial charge in [-0.2, -0.15) is 0 Å². The van der Waals surface area contributed by atoms with Gasteiger partial charge >= 0.3 is 0 Å². The molecule has 0 amide bonds. The summed E-state index contributed by atoms with van der Waals surface area (Å²) in [6.45, 7) is 2.17. The Hall–Kier alpha value is -2.60. The molecule has 6 nitrogen and oxygen atoms in total. The fourth-order valence-corrected chi connectivity index (χ4v) is 2.20. The molecule has 2 heterocycles. The molecule has 1 aromatic heterocycles. The molecule has 0 bridgehead atoms. The van der Waals surface area contributed by atoms with Crippen LogP contribution in [0.4, 0.5) is 0 Å². The molecule has 1 aromatic carbocycles. The van der Waals surface area contributed by atoms with Gasteiger partial charge in [-0.3, -0.25) is 9.98 Å². The second-order valence-electron chi connectivity index (χ2n) is 4.95. The van der Waals surface area contributed by atoms with Gasteiger partial charge in [0.25, 0.3) is 0 Å². The van der Waals surface area contributed by atoms with Gasteiger partial charge in [-0.05, 0) is 24.6 Å². The molecule has 0 aliphatic carbocycles. The van der Waals surface area contributed by atoms with Gasteiger partial charge in [0, 0.05) is 23.5 Å². The third-order valence-corrected chi connectivity index (χ3v) is 3.46. The van der Waals surface area contributed by atoms with E-state index in [-0.39, 0.29) is 19.1 Å². The molecule has 2 N–H and O–H groups in total. The number of rotatable bonds is 4. The summed E-state index contributed by atoms with van der Waals surface area (Å²) in [6, 6.07) is 5.64. The predicted molar refractivity (Wildman–Crippen MR) is 80.4 cm³/mol. The normalized spacial score (nSPS) is 13.0. The molecule has 2 aromatic rings. The van der Waals surface area contributed by atoms with Crippen LogP contribution in [0.1, 0.15) is 22.4 Å². The number of fused-ring (bicyclic) bond motifs is 1. The molecule has 0 atom stereocenters. The lowest BCUT2D eigenvalue weighted by Crippen LogP contribution is -1.98. The maximum absolute atomic E-state index is 10.0. The van der Waals surface area contributed by atoms with Crippen LogP contribution in [0.15, 0.2) is 29.4 Å².